The maximum Gasteiger partial charge on any atom is 0.422 e. The Labute approximate surface area is 155 Å². The summed E-state index contributed by atoms with van der Waals surface area (Å²) < 4.78 is 41.6. The molecule has 0 aromatic heterocycles. The molecule has 3 rings (SSSR count). The molecule has 0 aliphatic carbocycles. The van der Waals surface area contributed by atoms with Crippen LogP contribution in [0.4, 0.5) is 18.9 Å². The van der Waals surface area contributed by atoms with Gasteiger partial charge < -0.3 is 10.1 Å². The van der Waals surface area contributed by atoms with Gasteiger partial charge in [-0.05, 0) is 37.1 Å². The molecular formula is C20H21F3N2O2. The van der Waals surface area contributed by atoms with Gasteiger partial charge in [-0.3, -0.25) is 9.69 Å². The van der Waals surface area contributed by atoms with Gasteiger partial charge in [0.2, 0.25) is 5.91 Å². The van der Waals surface area contributed by atoms with E-state index in [1.54, 1.807) is 12.1 Å². The van der Waals surface area contributed by atoms with Crippen LogP contribution in [-0.2, 0) is 11.3 Å². The molecule has 0 bridgehead atoms. The molecule has 0 radical (unpaired) electrons. The zero-order valence-electron chi connectivity index (χ0n) is 14.7. The zero-order chi connectivity index (χ0) is 19.3. The van der Waals surface area contributed by atoms with Gasteiger partial charge in [-0.2, -0.15) is 13.2 Å². The van der Waals surface area contributed by atoms with Gasteiger partial charge in [0, 0.05) is 18.3 Å². The molecule has 1 aliphatic heterocycles. The number of alkyl halides is 3. The van der Waals surface area contributed by atoms with E-state index in [0.29, 0.717) is 12.2 Å². The van der Waals surface area contributed by atoms with Crippen LogP contribution in [0.5, 0.6) is 5.75 Å². The molecule has 1 N–H and O–H groups in total. The molecule has 1 saturated heterocycles. The number of ether oxygens (including phenoxy) is 1. The van der Waals surface area contributed by atoms with Crippen molar-refractivity contribution in [1.82, 2.24) is 4.90 Å². The van der Waals surface area contributed by atoms with E-state index in [-0.39, 0.29) is 17.7 Å². The minimum Gasteiger partial charge on any atom is -0.484 e. The fraction of sp³-hybridized carbons (Fsp3) is 0.350. The number of halogens is 3. The number of benzene rings is 2. The number of likely N-dealkylation sites (tertiary alicyclic amines) is 1. The Bertz CT molecular complexity index is 765. The average Bonchev–Trinajstić information content (AvgIpc) is 3.09. The molecule has 7 heteroatoms. The summed E-state index contributed by atoms with van der Waals surface area (Å²) in [5.74, 6) is -0.0888. The van der Waals surface area contributed by atoms with Crippen LogP contribution in [0.3, 0.4) is 0 Å². The monoisotopic (exact) mass is 378 g/mol. The lowest BCUT2D eigenvalue weighted by Gasteiger charge is -2.23. The molecule has 4 nitrogen and oxygen atoms in total. The molecule has 1 fully saturated rings. The average molecular weight is 378 g/mol. The van der Waals surface area contributed by atoms with Crippen molar-refractivity contribution in [3.05, 3.63) is 60.2 Å². The number of anilines is 1. The van der Waals surface area contributed by atoms with E-state index in [2.05, 4.69) is 10.2 Å². The van der Waals surface area contributed by atoms with E-state index >= 15 is 0 Å². The molecule has 2 aromatic rings. The minimum atomic E-state index is -4.40. The highest BCUT2D eigenvalue weighted by molar-refractivity contribution is 5.95. The van der Waals surface area contributed by atoms with Crippen LogP contribution in [0.25, 0.3) is 0 Å². The number of hydrogen-bond donors (Lipinski definition) is 1. The topological polar surface area (TPSA) is 41.6 Å². The molecule has 0 saturated carbocycles. The van der Waals surface area contributed by atoms with E-state index < -0.39 is 12.8 Å². The molecule has 1 unspecified atom stereocenters. The number of rotatable bonds is 6. The Morgan fingerprint density at radius 1 is 1.15 bits per heavy atom. The van der Waals surface area contributed by atoms with Crippen molar-refractivity contribution in [2.24, 2.45) is 0 Å². The molecule has 27 heavy (non-hydrogen) atoms. The quantitative estimate of drug-likeness (QED) is 0.818. The first-order valence-corrected chi connectivity index (χ1v) is 8.79. The Kier molecular flexibility index (Phi) is 6.01. The third-order valence-electron chi connectivity index (χ3n) is 4.40. The first kappa shape index (κ1) is 19.2. The first-order chi connectivity index (χ1) is 12.9. The summed E-state index contributed by atoms with van der Waals surface area (Å²) in [5, 5.41) is 2.80. The van der Waals surface area contributed by atoms with Crippen molar-refractivity contribution >= 4 is 11.6 Å². The van der Waals surface area contributed by atoms with E-state index in [1.807, 2.05) is 30.3 Å². The number of hydrogen-bond acceptors (Lipinski definition) is 3. The highest BCUT2D eigenvalue weighted by Crippen LogP contribution is 2.24. The van der Waals surface area contributed by atoms with Gasteiger partial charge in [-0.25, -0.2) is 0 Å². The number of amides is 1. The van der Waals surface area contributed by atoms with Crippen LogP contribution < -0.4 is 10.1 Å². The van der Waals surface area contributed by atoms with Crippen LogP contribution >= 0.6 is 0 Å². The predicted molar refractivity (Wildman–Crippen MR) is 96.5 cm³/mol. The lowest BCUT2D eigenvalue weighted by atomic mass is 10.1. The van der Waals surface area contributed by atoms with Crippen LogP contribution in [0.15, 0.2) is 54.6 Å². The van der Waals surface area contributed by atoms with Crippen LogP contribution in [-0.4, -0.2) is 36.2 Å². The van der Waals surface area contributed by atoms with E-state index in [4.69, 9.17) is 4.74 Å². The van der Waals surface area contributed by atoms with Gasteiger partial charge >= 0.3 is 6.18 Å². The second-order valence-corrected chi connectivity index (χ2v) is 6.54. The second-order valence-electron chi connectivity index (χ2n) is 6.54. The Hall–Kier alpha value is -2.54. The summed E-state index contributed by atoms with van der Waals surface area (Å²) in [4.78, 5) is 14.8. The molecule has 2 aromatic carbocycles. The van der Waals surface area contributed by atoms with Crippen LogP contribution in [0.2, 0.25) is 0 Å². The number of nitrogens with zero attached hydrogens (tertiary/aromatic N) is 1. The maximum absolute atomic E-state index is 12.7. The van der Waals surface area contributed by atoms with Crippen molar-refractivity contribution in [2.45, 2.75) is 31.6 Å². The first-order valence-electron chi connectivity index (χ1n) is 8.79. The van der Waals surface area contributed by atoms with E-state index in [9.17, 15) is 18.0 Å². The molecule has 1 atom stereocenters. The molecule has 144 valence electrons. The van der Waals surface area contributed by atoms with Gasteiger partial charge in [0.15, 0.2) is 6.61 Å². The smallest absolute Gasteiger partial charge is 0.422 e. The van der Waals surface area contributed by atoms with Crippen molar-refractivity contribution in [3.63, 3.8) is 0 Å². The molecule has 0 spiro atoms. The van der Waals surface area contributed by atoms with Crippen LogP contribution in [0, 0.1) is 0 Å². The standard InChI is InChI=1S/C20H21F3N2O2/c21-20(22,23)14-27-17-9-4-8-16(12-17)24-19(26)18-10-5-11-25(18)13-15-6-2-1-3-7-15/h1-4,6-9,12,18H,5,10-11,13-14H2,(H,24,26). The summed E-state index contributed by atoms with van der Waals surface area (Å²) >= 11 is 0. The lowest BCUT2D eigenvalue weighted by molar-refractivity contribution is -0.153. The fourth-order valence-electron chi connectivity index (χ4n) is 3.18. The molecule has 1 heterocycles. The second kappa shape index (κ2) is 8.43. The lowest BCUT2D eigenvalue weighted by Crippen LogP contribution is -2.39. The Morgan fingerprint density at radius 2 is 1.93 bits per heavy atom. The van der Waals surface area contributed by atoms with Crippen molar-refractivity contribution in [2.75, 3.05) is 18.5 Å². The van der Waals surface area contributed by atoms with Gasteiger partial charge in [-0.1, -0.05) is 36.4 Å². The van der Waals surface area contributed by atoms with Crippen molar-refractivity contribution < 1.29 is 22.7 Å². The summed E-state index contributed by atoms with van der Waals surface area (Å²) in [6.07, 6.45) is -2.72. The van der Waals surface area contributed by atoms with Gasteiger partial charge in [0.05, 0.1) is 6.04 Å². The third-order valence-corrected chi connectivity index (χ3v) is 4.40. The largest absolute Gasteiger partial charge is 0.484 e. The summed E-state index contributed by atoms with van der Waals surface area (Å²) in [7, 11) is 0. The van der Waals surface area contributed by atoms with Crippen molar-refractivity contribution in [3.8, 4) is 5.75 Å². The minimum absolute atomic E-state index is 0.0673. The SMILES string of the molecule is O=C(Nc1cccc(OCC(F)(F)F)c1)C1CCCN1Cc1ccccc1. The number of carbonyl (C=O) groups is 1. The summed E-state index contributed by atoms with van der Waals surface area (Å²) in [5.41, 5.74) is 1.56. The van der Waals surface area contributed by atoms with Gasteiger partial charge in [-0.15, -0.1) is 0 Å². The molecule has 1 aliphatic rings. The Balaban J connectivity index is 1.61. The highest BCUT2D eigenvalue weighted by atomic mass is 19.4. The molecule has 1 amide bonds. The summed E-state index contributed by atoms with van der Waals surface area (Å²) in [6, 6.07) is 15.7. The van der Waals surface area contributed by atoms with Gasteiger partial charge in [0.25, 0.3) is 0 Å². The predicted octanol–water partition coefficient (Wildman–Crippen LogP) is 4.23. The Morgan fingerprint density at radius 3 is 2.67 bits per heavy atom. The van der Waals surface area contributed by atoms with E-state index in [1.165, 1.54) is 12.1 Å². The maximum atomic E-state index is 12.7. The normalized spacial score (nSPS) is 17.7. The van der Waals surface area contributed by atoms with E-state index in [0.717, 1.165) is 24.9 Å². The molecular weight excluding hydrogens is 357 g/mol. The highest BCUT2D eigenvalue weighted by Gasteiger charge is 2.31. The van der Waals surface area contributed by atoms with Gasteiger partial charge in [0.1, 0.15) is 5.75 Å². The van der Waals surface area contributed by atoms with Crippen LogP contribution in [0.1, 0.15) is 18.4 Å². The third kappa shape index (κ3) is 5.72. The number of carbonyl (C=O) groups excluding carboxylic acids is 1. The number of nitrogens with one attached hydrogen (secondary N) is 1. The van der Waals surface area contributed by atoms with Crippen molar-refractivity contribution in [1.29, 1.82) is 0 Å². The fourth-order valence-corrected chi connectivity index (χ4v) is 3.18. The zero-order valence-corrected chi connectivity index (χ0v) is 14.7. The summed E-state index contributed by atoms with van der Waals surface area (Å²) in [6.45, 7) is 0.160.